The number of rotatable bonds is 3. The Hall–Kier alpha value is -1.70. The summed E-state index contributed by atoms with van der Waals surface area (Å²) in [7, 11) is 0. The summed E-state index contributed by atoms with van der Waals surface area (Å²) in [5.74, 6) is 0.245. The molecule has 0 saturated heterocycles. The van der Waals surface area contributed by atoms with Crippen LogP contribution in [-0.2, 0) is 0 Å². The van der Waals surface area contributed by atoms with Gasteiger partial charge in [-0.15, -0.1) is 0 Å². The van der Waals surface area contributed by atoms with Gasteiger partial charge in [-0.3, -0.25) is 0 Å². The molecule has 14 heavy (non-hydrogen) atoms. The number of nitriles is 1. The highest BCUT2D eigenvalue weighted by Gasteiger charge is 2.05. The lowest BCUT2D eigenvalue weighted by Crippen LogP contribution is -2.07. The quantitative estimate of drug-likeness (QED) is 0.745. The largest absolute Gasteiger partial charge is 0.487 e. The van der Waals surface area contributed by atoms with E-state index in [-0.39, 0.29) is 11.4 Å². The first kappa shape index (κ1) is 10.4. The summed E-state index contributed by atoms with van der Waals surface area (Å²) >= 11 is 0. The molecular formula is C9H8F2N2O. The average molecular weight is 198 g/mol. The molecule has 3 nitrogen and oxygen atoms in total. The highest BCUT2D eigenvalue weighted by molar-refractivity contribution is 5.32. The van der Waals surface area contributed by atoms with Crippen molar-refractivity contribution < 1.29 is 13.5 Å². The van der Waals surface area contributed by atoms with Gasteiger partial charge in [-0.05, 0) is 6.92 Å². The number of halogens is 2. The van der Waals surface area contributed by atoms with Gasteiger partial charge in [0.15, 0.2) is 0 Å². The van der Waals surface area contributed by atoms with Gasteiger partial charge in [-0.25, -0.2) is 13.8 Å². The predicted octanol–water partition coefficient (Wildman–Crippen LogP) is 1.91. The predicted molar refractivity (Wildman–Crippen MR) is 45.2 cm³/mol. The van der Waals surface area contributed by atoms with Crippen molar-refractivity contribution in [1.82, 2.24) is 4.98 Å². The number of hydrogen-bond donors (Lipinski definition) is 0. The number of aryl methyl sites for hydroxylation is 1. The lowest BCUT2D eigenvalue weighted by atomic mass is 10.3. The summed E-state index contributed by atoms with van der Waals surface area (Å²) in [6.07, 6.45) is -2.52. The maximum Gasteiger partial charge on any atom is 0.272 e. The van der Waals surface area contributed by atoms with E-state index in [1.165, 1.54) is 12.1 Å². The van der Waals surface area contributed by atoms with Gasteiger partial charge < -0.3 is 4.74 Å². The van der Waals surface area contributed by atoms with Crippen LogP contribution >= 0.6 is 0 Å². The molecule has 0 amide bonds. The maximum atomic E-state index is 11.8. The molecule has 0 N–H and O–H groups in total. The molecule has 0 bridgehead atoms. The monoisotopic (exact) mass is 198 g/mol. The summed E-state index contributed by atoms with van der Waals surface area (Å²) in [4.78, 5) is 3.85. The van der Waals surface area contributed by atoms with Crippen LogP contribution in [0.25, 0.3) is 0 Å². The van der Waals surface area contributed by atoms with Gasteiger partial charge in [0.2, 0.25) is 0 Å². The standard InChI is InChI=1S/C9H8F2N2O/c1-6-2-8(14-5-9(10)11)3-7(4-12)13-6/h2-3,9H,5H2,1H3. The van der Waals surface area contributed by atoms with E-state index in [0.29, 0.717) is 5.69 Å². The fraction of sp³-hybridized carbons (Fsp3) is 0.333. The number of ether oxygens (including phenoxy) is 1. The van der Waals surface area contributed by atoms with E-state index in [0.717, 1.165) is 0 Å². The van der Waals surface area contributed by atoms with Crippen molar-refractivity contribution in [2.75, 3.05) is 6.61 Å². The second-order valence-electron chi connectivity index (χ2n) is 2.64. The molecule has 0 aliphatic heterocycles. The van der Waals surface area contributed by atoms with Crippen molar-refractivity contribution in [2.45, 2.75) is 13.3 Å². The van der Waals surface area contributed by atoms with Crippen LogP contribution in [-0.4, -0.2) is 18.0 Å². The first-order chi connectivity index (χ1) is 6.61. The smallest absolute Gasteiger partial charge is 0.272 e. The molecule has 0 aliphatic carbocycles. The highest BCUT2D eigenvalue weighted by Crippen LogP contribution is 2.14. The van der Waals surface area contributed by atoms with Crippen molar-refractivity contribution in [2.24, 2.45) is 0 Å². The van der Waals surface area contributed by atoms with Crippen LogP contribution in [0, 0.1) is 18.3 Å². The molecule has 0 unspecified atom stereocenters. The van der Waals surface area contributed by atoms with Gasteiger partial charge in [-0.2, -0.15) is 5.26 Å². The third kappa shape index (κ3) is 2.98. The first-order valence-electron chi connectivity index (χ1n) is 3.91. The van der Waals surface area contributed by atoms with Crippen molar-refractivity contribution >= 4 is 0 Å². The van der Waals surface area contributed by atoms with E-state index in [9.17, 15) is 8.78 Å². The molecule has 1 aromatic rings. The number of hydrogen-bond acceptors (Lipinski definition) is 3. The molecular weight excluding hydrogens is 190 g/mol. The number of aromatic nitrogens is 1. The van der Waals surface area contributed by atoms with Crippen LogP contribution in [0.2, 0.25) is 0 Å². The lowest BCUT2D eigenvalue weighted by molar-refractivity contribution is 0.0818. The van der Waals surface area contributed by atoms with Gasteiger partial charge in [0, 0.05) is 17.8 Å². The Kier molecular flexibility index (Phi) is 3.35. The zero-order valence-corrected chi connectivity index (χ0v) is 7.50. The second-order valence-corrected chi connectivity index (χ2v) is 2.64. The van der Waals surface area contributed by atoms with Crippen LogP contribution in [0.15, 0.2) is 12.1 Å². The summed E-state index contributed by atoms with van der Waals surface area (Å²) in [5.41, 5.74) is 0.725. The minimum absolute atomic E-state index is 0.161. The van der Waals surface area contributed by atoms with E-state index in [1.807, 2.05) is 6.07 Å². The number of alkyl halides is 2. The third-order valence-electron chi connectivity index (χ3n) is 1.42. The number of pyridine rings is 1. The molecule has 0 atom stereocenters. The van der Waals surface area contributed by atoms with E-state index in [2.05, 4.69) is 4.98 Å². The Morgan fingerprint density at radius 1 is 1.57 bits per heavy atom. The van der Waals surface area contributed by atoms with Crippen LogP contribution in [0.5, 0.6) is 5.75 Å². The summed E-state index contributed by atoms with van der Waals surface area (Å²) in [6, 6.07) is 4.65. The zero-order chi connectivity index (χ0) is 10.6. The summed E-state index contributed by atoms with van der Waals surface area (Å²) in [5, 5.41) is 8.55. The highest BCUT2D eigenvalue weighted by atomic mass is 19.3. The normalized spacial score (nSPS) is 9.93. The molecule has 0 spiro atoms. The number of nitrogens with zero attached hydrogens (tertiary/aromatic N) is 2. The topological polar surface area (TPSA) is 45.9 Å². The van der Waals surface area contributed by atoms with Gasteiger partial charge in [0.1, 0.15) is 24.1 Å². The SMILES string of the molecule is Cc1cc(OCC(F)F)cc(C#N)n1. The fourth-order valence-electron chi connectivity index (χ4n) is 0.937. The molecule has 1 rings (SSSR count). The third-order valence-corrected chi connectivity index (χ3v) is 1.42. The van der Waals surface area contributed by atoms with Crippen molar-refractivity contribution in [3.63, 3.8) is 0 Å². The minimum atomic E-state index is -2.52. The van der Waals surface area contributed by atoms with Crippen molar-refractivity contribution in [1.29, 1.82) is 5.26 Å². The molecule has 0 radical (unpaired) electrons. The molecule has 0 fully saturated rings. The van der Waals surface area contributed by atoms with Gasteiger partial charge in [0.05, 0.1) is 0 Å². The van der Waals surface area contributed by atoms with Crippen molar-refractivity contribution in [3.05, 3.63) is 23.5 Å². The van der Waals surface area contributed by atoms with Gasteiger partial charge >= 0.3 is 0 Å². The molecule has 0 aliphatic rings. The Labute approximate surface area is 79.9 Å². The van der Waals surface area contributed by atoms with E-state index in [4.69, 9.17) is 10.00 Å². The molecule has 5 heteroatoms. The van der Waals surface area contributed by atoms with Gasteiger partial charge in [-0.1, -0.05) is 0 Å². The molecule has 0 aromatic carbocycles. The molecule has 1 aromatic heterocycles. The Morgan fingerprint density at radius 2 is 2.29 bits per heavy atom. The average Bonchev–Trinajstić information content (AvgIpc) is 2.14. The van der Waals surface area contributed by atoms with E-state index in [1.54, 1.807) is 6.92 Å². The maximum absolute atomic E-state index is 11.8. The fourth-order valence-corrected chi connectivity index (χ4v) is 0.937. The summed E-state index contributed by atoms with van der Waals surface area (Å²) < 4.78 is 28.3. The molecule has 0 saturated carbocycles. The Balaban J connectivity index is 2.78. The van der Waals surface area contributed by atoms with Crippen LogP contribution in [0.1, 0.15) is 11.4 Å². The Bertz CT molecular complexity index is 360. The summed E-state index contributed by atoms with van der Waals surface area (Å²) in [6.45, 7) is 0.990. The van der Waals surface area contributed by atoms with Gasteiger partial charge in [0.25, 0.3) is 6.43 Å². The minimum Gasteiger partial charge on any atom is -0.487 e. The Morgan fingerprint density at radius 3 is 2.86 bits per heavy atom. The second kappa shape index (κ2) is 4.51. The van der Waals surface area contributed by atoms with Crippen LogP contribution in [0.4, 0.5) is 8.78 Å². The van der Waals surface area contributed by atoms with Crippen LogP contribution < -0.4 is 4.74 Å². The van der Waals surface area contributed by atoms with E-state index >= 15 is 0 Å². The van der Waals surface area contributed by atoms with E-state index < -0.39 is 13.0 Å². The first-order valence-corrected chi connectivity index (χ1v) is 3.91. The molecule has 74 valence electrons. The van der Waals surface area contributed by atoms with Crippen LogP contribution in [0.3, 0.4) is 0 Å². The molecule has 1 heterocycles. The zero-order valence-electron chi connectivity index (χ0n) is 7.50. The van der Waals surface area contributed by atoms with Crippen molar-refractivity contribution in [3.8, 4) is 11.8 Å². The lowest BCUT2D eigenvalue weighted by Gasteiger charge is -2.05.